The van der Waals surface area contributed by atoms with Gasteiger partial charge in [-0.25, -0.2) is 0 Å². The third-order valence-corrected chi connectivity index (χ3v) is 4.80. The van der Waals surface area contributed by atoms with Gasteiger partial charge in [-0.05, 0) is 49.3 Å². The third kappa shape index (κ3) is 1.26. The number of hydrogen-bond donors (Lipinski definition) is 0. The molecule has 84 valence electrons. The first-order chi connectivity index (χ1) is 7.63. The van der Waals surface area contributed by atoms with Gasteiger partial charge in [-0.15, -0.1) is 0 Å². The molecule has 0 saturated heterocycles. The summed E-state index contributed by atoms with van der Waals surface area (Å²) < 4.78 is 1.01. The smallest absolute Gasteiger partial charge is 0.173 e. The summed E-state index contributed by atoms with van der Waals surface area (Å²) in [6.45, 7) is 2.29. The van der Waals surface area contributed by atoms with Gasteiger partial charge in [0.25, 0.3) is 0 Å². The van der Waals surface area contributed by atoms with Crippen LogP contribution in [0.15, 0.2) is 22.7 Å². The van der Waals surface area contributed by atoms with E-state index in [0.717, 1.165) is 28.8 Å². The molecular formula is C14H15BrO. The molecule has 0 aromatic heterocycles. The molecule has 1 nitrogen and oxygen atoms in total. The van der Waals surface area contributed by atoms with Crippen molar-refractivity contribution in [1.29, 1.82) is 0 Å². The number of fused-ring (bicyclic) bond motifs is 2. The van der Waals surface area contributed by atoms with Crippen LogP contribution in [-0.4, -0.2) is 5.78 Å². The van der Waals surface area contributed by atoms with E-state index in [0.29, 0.717) is 5.78 Å². The van der Waals surface area contributed by atoms with Gasteiger partial charge < -0.3 is 0 Å². The fourth-order valence-electron chi connectivity index (χ4n) is 3.19. The van der Waals surface area contributed by atoms with E-state index in [1.54, 1.807) is 0 Å². The lowest BCUT2D eigenvalue weighted by Crippen LogP contribution is -2.48. The van der Waals surface area contributed by atoms with E-state index in [9.17, 15) is 4.79 Å². The second kappa shape index (κ2) is 3.43. The van der Waals surface area contributed by atoms with Crippen LogP contribution in [0.2, 0.25) is 0 Å². The number of halogens is 1. The van der Waals surface area contributed by atoms with E-state index in [1.807, 2.05) is 6.07 Å². The zero-order chi connectivity index (χ0) is 11.3. The van der Waals surface area contributed by atoms with Crippen LogP contribution in [0.1, 0.15) is 48.5 Å². The predicted octanol–water partition coefficient (Wildman–Crippen LogP) is 4.09. The summed E-state index contributed by atoms with van der Waals surface area (Å²) in [6, 6.07) is 6.17. The molecule has 0 atom stereocenters. The fourth-order valence-corrected chi connectivity index (χ4v) is 3.55. The maximum absolute atomic E-state index is 12.3. The second-order valence-corrected chi connectivity index (χ2v) is 6.20. The first-order valence-corrected chi connectivity index (χ1v) is 6.78. The average Bonchev–Trinajstić information content (AvgIpc) is 2.30. The van der Waals surface area contributed by atoms with Gasteiger partial charge in [0, 0.05) is 10.0 Å². The van der Waals surface area contributed by atoms with Crippen LogP contribution < -0.4 is 0 Å². The minimum absolute atomic E-state index is 0.0947. The highest BCUT2D eigenvalue weighted by Crippen LogP contribution is 2.51. The molecule has 0 N–H and O–H groups in total. The van der Waals surface area contributed by atoms with E-state index in [-0.39, 0.29) is 5.41 Å². The zero-order valence-electron chi connectivity index (χ0n) is 9.42. The molecule has 2 heteroatoms. The van der Waals surface area contributed by atoms with Crippen molar-refractivity contribution >= 4 is 21.7 Å². The molecule has 0 aliphatic heterocycles. The lowest BCUT2D eigenvalue weighted by atomic mass is 9.55. The summed E-state index contributed by atoms with van der Waals surface area (Å²) in [5, 5.41) is 0. The molecule has 16 heavy (non-hydrogen) atoms. The number of rotatable bonds is 0. The topological polar surface area (TPSA) is 17.1 Å². The van der Waals surface area contributed by atoms with Crippen LogP contribution >= 0.6 is 15.9 Å². The molecule has 0 radical (unpaired) electrons. The summed E-state index contributed by atoms with van der Waals surface area (Å²) in [6.07, 6.45) is 4.51. The van der Waals surface area contributed by atoms with Crippen molar-refractivity contribution in [3.8, 4) is 0 Å². The molecule has 2 aliphatic rings. The lowest BCUT2D eigenvalue weighted by molar-refractivity contribution is 0.0758. The first kappa shape index (κ1) is 10.5. The Bertz CT molecular complexity index is 456. The van der Waals surface area contributed by atoms with Crippen LogP contribution in [-0.2, 0) is 5.41 Å². The van der Waals surface area contributed by atoms with Gasteiger partial charge in [0.2, 0.25) is 0 Å². The standard InChI is InChI=1S/C14H15BrO/c1-9-4-6-14(7-5-9)12-3-2-10(15)8-11(12)13(14)16/h2-3,8-9H,4-7H2,1H3. The van der Waals surface area contributed by atoms with Crippen molar-refractivity contribution in [3.05, 3.63) is 33.8 Å². The molecule has 1 saturated carbocycles. The van der Waals surface area contributed by atoms with Gasteiger partial charge in [-0.1, -0.05) is 28.9 Å². The van der Waals surface area contributed by atoms with Gasteiger partial charge in [-0.3, -0.25) is 4.79 Å². The van der Waals surface area contributed by atoms with Gasteiger partial charge >= 0.3 is 0 Å². The van der Waals surface area contributed by atoms with Gasteiger partial charge in [-0.2, -0.15) is 0 Å². The van der Waals surface area contributed by atoms with Crippen LogP contribution in [0, 0.1) is 5.92 Å². The number of hydrogen-bond acceptors (Lipinski definition) is 1. The minimum Gasteiger partial charge on any atom is -0.293 e. The van der Waals surface area contributed by atoms with Crippen LogP contribution in [0.25, 0.3) is 0 Å². The molecule has 1 spiro atoms. The quantitative estimate of drug-likeness (QED) is 0.699. The Kier molecular flexibility index (Phi) is 2.25. The van der Waals surface area contributed by atoms with Crippen molar-refractivity contribution in [2.45, 2.75) is 38.0 Å². The van der Waals surface area contributed by atoms with E-state index in [1.165, 1.54) is 18.4 Å². The molecule has 1 aromatic rings. The summed E-state index contributed by atoms with van der Waals surface area (Å²) in [5.74, 6) is 1.17. The Morgan fingerprint density at radius 3 is 2.69 bits per heavy atom. The second-order valence-electron chi connectivity index (χ2n) is 5.28. The number of ketones is 1. The molecule has 0 unspecified atom stereocenters. The van der Waals surface area contributed by atoms with E-state index < -0.39 is 0 Å². The Labute approximate surface area is 104 Å². The molecule has 1 fully saturated rings. The predicted molar refractivity (Wildman–Crippen MR) is 67.8 cm³/mol. The van der Waals surface area contributed by atoms with Gasteiger partial charge in [0.1, 0.15) is 0 Å². The molecular weight excluding hydrogens is 264 g/mol. The molecule has 3 rings (SSSR count). The van der Waals surface area contributed by atoms with Gasteiger partial charge in [0.15, 0.2) is 5.78 Å². The maximum atomic E-state index is 12.3. The molecule has 0 bridgehead atoms. The highest BCUT2D eigenvalue weighted by molar-refractivity contribution is 9.10. The highest BCUT2D eigenvalue weighted by atomic mass is 79.9. The summed E-state index contributed by atoms with van der Waals surface area (Å²) >= 11 is 3.43. The van der Waals surface area contributed by atoms with Crippen LogP contribution in [0.3, 0.4) is 0 Å². The van der Waals surface area contributed by atoms with E-state index >= 15 is 0 Å². The molecule has 2 aliphatic carbocycles. The van der Waals surface area contributed by atoms with Crippen molar-refractivity contribution in [1.82, 2.24) is 0 Å². The largest absolute Gasteiger partial charge is 0.293 e. The van der Waals surface area contributed by atoms with Crippen molar-refractivity contribution in [2.75, 3.05) is 0 Å². The number of benzene rings is 1. The molecule has 0 heterocycles. The first-order valence-electron chi connectivity index (χ1n) is 5.98. The SMILES string of the molecule is CC1CCC2(CC1)C(=O)c1cc(Br)ccc12. The van der Waals surface area contributed by atoms with E-state index in [4.69, 9.17) is 0 Å². The molecule has 0 amide bonds. The van der Waals surface area contributed by atoms with Crippen molar-refractivity contribution in [3.63, 3.8) is 0 Å². The van der Waals surface area contributed by atoms with Crippen LogP contribution in [0.4, 0.5) is 0 Å². The monoisotopic (exact) mass is 278 g/mol. The Hall–Kier alpha value is -0.630. The summed E-state index contributed by atoms with van der Waals surface area (Å²) in [4.78, 5) is 12.3. The normalized spacial score (nSPS) is 32.4. The maximum Gasteiger partial charge on any atom is 0.173 e. The lowest BCUT2D eigenvalue weighted by Gasteiger charge is -2.46. The Morgan fingerprint density at radius 2 is 2.00 bits per heavy atom. The molecule has 1 aromatic carbocycles. The number of carbonyl (C=O) groups is 1. The number of carbonyl (C=O) groups excluding carboxylic acids is 1. The Balaban J connectivity index is 2.00. The highest BCUT2D eigenvalue weighted by Gasteiger charge is 2.51. The third-order valence-electron chi connectivity index (χ3n) is 4.30. The van der Waals surface area contributed by atoms with Crippen molar-refractivity contribution < 1.29 is 4.79 Å². The fraction of sp³-hybridized carbons (Fsp3) is 0.500. The average molecular weight is 279 g/mol. The zero-order valence-corrected chi connectivity index (χ0v) is 11.0. The summed E-state index contributed by atoms with van der Waals surface area (Å²) in [7, 11) is 0. The number of Topliss-reactive ketones (excluding diaryl/α,β-unsaturated/α-hetero) is 1. The van der Waals surface area contributed by atoms with Gasteiger partial charge in [0.05, 0.1) is 5.41 Å². The summed E-state index contributed by atoms with van der Waals surface area (Å²) in [5.41, 5.74) is 2.15. The van der Waals surface area contributed by atoms with Crippen molar-refractivity contribution in [2.24, 2.45) is 5.92 Å². The van der Waals surface area contributed by atoms with E-state index in [2.05, 4.69) is 35.0 Å². The van der Waals surface area contributed by atoms with Crippen LogP contribution in [0.5, 0.6) is 0 Å². The Morgan fingerprint density at radius 1 is 1.31 bits per heavy atom. The minimum atomic E-state index is -0.0947.